The van der Waals surface area contributed by atoms with Crippen molar-refractivity contribution in [2.75, 3.05) is 0 Å². The largest absolute Gasteiger partial charge is 0.453 e. The van der Waals surface area contributed by atoms with E-state index in [1.54, 1.807) is 19.9 Å². The van der Waals surface area contributed by atoms with Crippen LogP contribution in [-0.4, -0.2) is 5.97 Å². The van der Waals surface area contributed by atoms with Gasteiger partial charge in [0.25, 0.3) is 0 Å². The zero-order valence-corrected chi connectivity index (χ0v) is 14.7. The maximum absolute atomic E-state index is 12.2. The molecule has 0 spiro atoms. The molecule has 0 saturated carbocycles. The second-order valence-electron chi connectivity index (χ2n) is 6.52. The molecule has 25 heavy (non-hydrogen) atoms. The average molecular weight is 340 g/mol. The predicted octanol–water partition coefficient (Wildman–Crippen LogP) is 4.62. The van der Waals surface area contributed by atoms with E-state index in [2.05, 4.69) is 0 Å². The van der Waals surface area contributed by atoms with Gasteiger partial charge < -0.3 is 13.6 Å². The molecular formula is C20H20O5. The molecule has 0 aliphatic heterocycles. The Morgan fingerprint density at radius 1 is 1.12 bits per heavy atom. The average Bonchev–Trinajstić information content (AvgIpc) is 2.98. The highest BCUT2D eigenvalue weighted by molar-refractivity contribution is 5.83. The Morgan fingerprint density at radius 3 is 2.52 bits per heavy atom. The number of furan rings is 1. The summed E-state index contributed by atoms with van der Waals surface area (Å²) in [5.41, 5.74) is 0.981. The maximum Gasteiger partial charge on any atom is 0.343 e. The maximum atomic E-state index is 12.2. The van der Waals surface area contributed by atoms with Crippen LogP contribution < -0.4 is 10.4 Å². The normalized spacial score (nSPS) is 11.2. The van der Waals surface area contributed by atoms with Crippen molar-refractivity contribution in [1.29, 1.82) is 0 Å². The summed E-state index contributed by atoms with van der Waals surface area (Å²) in [6.45, 7) is 7.19. The number of hydrogen-bond donors (Lipinski definition) is 0. The summed E-state index contributed by atoms with van der Waals surface area (Å²) in [4.78, 5) is 24.3. The minimum atomic E-state index is -0.548. The third-order valence-electron chi connectivity index (χ3n) is 3.96. The first-order valence-corrected chi connectivity index (χ1v) is 8.20. The second-order valence-corrected chi connectivity index (χ2v) is 6.52. The monoisotopic (exact) mass is 340 g/mol. The van der Waals surface area contributed by atoms with E-state index in [-0.39, 0.29) is 35.4 Å². The lowest BCUT2D eigenvalue weighted by Crippen LogP contribution is -2.16. The summed E-state index contributed by atoms with van der Waals surface area (Å²) in [6.07, 6.45) is 0.277. The minimum Gasteiger partial charge on any atom is -0.453 e. The van der Waals surface area contributed by atoms with Gasteiger partial charge in [0.15, 0.2) is 11.5 Å². The number of esters is 1. The van der Waals surface area contributed by atoms with Gasteiger partial charge in [0.05, 0.1) is 5.56 Å². The lowest BCUT2D eigenvalue weighted by molar-refractivity contribution is -0.135. The molecule has 0 unspecified atom stereocenters. The quantitative estimate of drug-likeness (QED) is 0.648. The van der Waals surface area contributed by atoms with Gasteiger partial charge in [0.1, 0.15) is 11.3 Å². The van der Waals surface area contributed by atoms with Gasteiger partial charge in [-0.1, -0.05) is 32.0 Å². The van der Waals surface area contributed by atoms with Crippen LogP contribution in [0.2, 0.25) is 0 Å². The number of para-hydroxylation sites is 1. The Bertz CT molecular complexity index is 958. The molecule has 130 valence electrons. The van der Waals surface area contributed by atoms with Gasteiger partial charge in [-0.15, -0.1) is 0 Å². The highest BCUT2D eigenvalue weighted by atomic mass is 16.5. The van der Waals surface area contributed by atoms with E-state index in [0.717, 1.165) is 5.39 Å². The molecule has 2 heterocycles. The van der Waals surface area contributed by atoms with Crippen molar-refractivity contribution in [3.05, 3.63) is 51.9 Å². The van der Waals surface area contributed by atoms with E-state index in [0.29, 0.717) is 16.9 Å². The summed E-state index contributed by atoms with van der Waals surface area (Å²) in [5, 5.41) is 0.901. The molecule has 5 nitrogen and oxygen atoms in total. The van der Waals surface area contributed by atoms with Crippen molar-refractivity contribution < 1.29 is 18.4 Å². The van der Waals surface area contributed by atoms with E-state index in [9.17, 15) is 9.59 Å². The fourth-order valence-electron chi connectivity index (χ4n) is 2.69. The van der Waals surface area contributed by atoms with E-state index in [4.69, 9.17) is 13.6 Å². The topological polar surface area (TPSA) is 69.7 Å². The van der Waals surface area contributed by atoms with Crippen LogP contribution in [0.3, 0.4) is 0 Å². The molecule has 5 heteroatoms. The van der Waals surface area contributed by atoms with Crippen molar-refractivity contribution in [2.45, 2.75) is 34.1 Å². The van der Waals surface area contributed by atoms with E-state index >= 15 is 0 Å². The van der Waals surface area contributed by atoms with Crippen LogP contribution >= 0.6 is 0 Å². The number of hydrogen-bond acceptors (Lipinski definition) is 5. The number of fused-ring (bicyclic) bond motifs is 1. The van der Waals surface area contributed by atoms with Crippen LogP contribution in [0.4, 0.5) is 0 Å². The molecule has 3 rings (SSSR count). The molecular weight excluding hydrogens is 320 g/mol. The van der Waals surface area contributed by atoms with Gasteiger partial charge in [-0.3, -0.25) is 4.79 Å². The fourth-order valence-corrected chi connectivity index (χ4v) is 2.69. The van der Waals surface area contributed by atoms with Crippen LogP contribution in [0.1, 0.15) is 31.4 Å². The number of benzene rings is 1. The Hall–Kier alpha value is -2.82. The van der Waals surface area contributed by atoms with Crippen molar-refractivity contribution in [3.8, 4) is 17.3 Å². The molecule has 2 aromatic heterocycles. The highest BCUT2D eigenvalue weighted by Gasteiger charge is 2.21. The van der Waals surface area contributed by atoms with E-state index < -0.39 is 5.63 Å². The molecule has 0 bridgehead atoms. The molecule has 0 fully saturated rings. The molecule has 0 atom stereocenters. The first-order chi connectivity index (χ1) is 11.9. The number of carbonyl (C=O) groups excluding carboxylic acids is 1. The Labute approximate surface area is 145 Å². The summed E-state index contributed by atoms with van der Waals surface area (Å²) in [6, 6.07) is 9.32. The van der Waals surface area contributed by atoms with Gasteiger partial charge in [-0.2, -0.15) is 0 Å². The molecule has 0 saturated heterocycles. The van der Waals surface area contributed by atoms with Crippen LogP contribution in [0, 0.1) is 19.8 Å². The Balaban J connectivity index is 2.09. The highest BCUT2D eigenvalue weighted by Crippen LogP contribution is 2.34. The van der Waals surface area contributed by atoms with Crippen LogP contribution in [0.15, 0.2) is 44.0 Å². The van der Waals surface area contributed by atoms with Gasteiger partial charge >= 0.3 is 11.6 Å². The van der Waals surface area contributed by atoms with Crippen molar-refractivity contribution >= 4 is 16.9 Å². The van der Waals surface area contributed by atoms with Crippen molar-refractivity contribution in [2.24, 2.45) is 5.92 Å². The first kappa shape index (κ1) is 17.0. The van der Waals surface area contributed by atoms with E-state index in [1.165, 1.54) is 0 Å². The molecule has 1 aromatic carbocycles. The Kier molecular flexibility index (Phi) is 4.49. The summed E-state index contributed by atoms with van der Waals surface area (Å²) in [7, 11) is 0. The van der Waals surface area contributed by atoms with Crippen molar-refractivity contribution in [3.63, 3.8) is 0 Å². The van der Waals surface area contributed by atoms with Gasteiger partial charge in [-0.25, -0.2) is 4.79 Å². The molecule has 0 amide bonds. The van der Waals surface area contributed by atoms with Gasteiger partial charge in [-0.05, 0) is 31.9 Å². The smallest absolute Gasteiger partial charge is 0.343 e. The third-order valence-corrected chi connectivity index (χ3v) is 3.96. The molecule has 0 radical (unpaired) electrons. The zero-order valence-electron chi connectivity index (χ0n) is 14.7. The SMILES string of the molecule is Cc1c(-c2cc3ccccc3o2)oc(=O)c(C)c1OC(=O)CC(C)C. The molecule has 0 aliphatic carbocycles. The second kappa shape index (κ2) is 6.59. The van der Waals surface area contributed by atoms with Crippen LogP contribution in [-0.2, 0) is 4.79 Å². The standard InChI is InChI=1S/C20H20O5/c1-11(2)9-17(21)24-18-12(3)19(25-20(22)13(18)4)16-10-14-7-5-6-8-15(14)23-16/h5-8,10-11H,9H2,1-4H3. The molecule has 3 aromatic rings. The predicted molar refractivity (Wildman–Crippen MR) is 94.8 cm³/mol. The zero-order chi connectivity index (χ0) is 18.1. The summed E-state index contributed by atoms with van der Waals surface area (Å²) < 4.78 is 16.7. The Morgan fingerprint density at radius 2 is 1.84 bits per heavy atom. The lowest BCUT2D eigenvalue weighted by atomic mass is 10.1. The summed E-state index contributed by atoms with van der Waals surface area (Å²) >= 11 is 0. The van der Waals surface area contributed by atoms with Crippen LogP contribution in [0.5, 0.6) is 5.75 Å². The number of rotatable bonds is 4. The fraction of sp³-hybridized carbons (Fsp3) is 0.300. The van der Waals surface area contributed by atoms with E-state index in [1.807, 2.05) is 38.1 Å². The van der Waals surface area contributed by atoms with Gasteiger partial charge in [0, 0.05) is 17.4 Å². The third kappa shape index (κ3) is 3.36. The number of ether oxygens (including phenoxy) is 1. The molecule has 0 aliphatic rings. The minimum absolute atomic E-state index is 0.170. The first-order valence-electron chi connectivity index (χ1n) is 8.20. The van der Waals surface area contributed by atoms with Crippen LogP contribution in [0.25, 0.3) is 22.5 Å². The molecule has 0 N–H and O–H groups in total. The van der Waals surface area contributed by atoms with Crippen molar-refractivity contribution in [1.82, 2.24) is 0 Å². The summed E-state index contributed by atoms with van der Waals surface area (Å²) in [5.74, 6) is 0.749. The number of carbonyl (C=O) groups is 1. The van der Waals surface area contributed by atoms with Gasteiger partial charge in [0.2, 0.25) is 0 Å². The lowest BCUT2D eigenvalue weighted by Gasteiger charge is -2.12.